The van der Waals surface area contributed by atoms with Gasteiger partial charge in [-0.2, -0.15) is 0 Å². The molecular formula is C56H61F2N7O9. The number of amides is 4. The summed E-state index contributed by atoms with van der Waals surface area (Å²) in [6.07, 6.45) is 8.23. The minimum atomic E-state index is -2.07. The quantitative estimate of drug-likeness (QED) is 0.149. The zero-order valence-electron chi connectivity index (χ0n) is 42.1. The van der Waals surface area contributed by atoms with Gasteiger partial charge in [0.15, 0.2) is 0 Å². The number of alkyl carbamates (subject to hydrolysis) is 2. The predicted molar refractivity (Wildman–Crippen MR) is 273 cm³/mol. The number of aryl methyl sites for hydroxylation is 1. The summed E-state index contributed by atoms with van der Waals surface area (Å²) in [5.41, 5.74) is 6.55. The van der Waals surface area contributed by atoms with Crippen molar-refractivity contribution in [2.75, 3.05) is 47.1 Å². The van der Waals surface area contributed by atoms with Crippen molar-refractivity contribution >= 4 is 57.5 Å². The molecule has 3 aromatic carbocycles. The van der Waals surface area contributed by atoms with Gasteiger partial charge in [0.1, 0.15) is 35.1 Å². The Morgan fingerprint density at radius 1 is 0.757 bits per heavy atom. The molecule has 74 heavy (non-hydrogen) atoms. The van der Waals surface area contributed by atoms with Crippen LogP contribution in [0.2, 0.25) is 0 Å². The number of aromatic nitrogens is 1. The molecule has 3 fully saturated rings. The molecule has 5 atom stereocenters. The standard InChI is InChI=1S/C56H61F2N7O9/c1-56(2,58)50(62-55(69)71-4)52(67)64-18-6-10-44(64)41-25-38(30-60-41)35-23-39(57)48-45-26-36-22-33(13-14-42(36)65(45)53(74-47(48)28-35)34-12-11-31-8-7-19-73-46(31)27-34)37-24-40(59-29-37)43-9-5-17-63(43)51(66)49(61-54(68)70-3)32-15-20-72-21-16-32/h11-14,22-23,26-30,32,43-44,49-50,53H,5-10,15-21,24-25H2,1-4H3,(H,61,68)(H,62,69)/t43-,44-,49-,50?,53?/m0/s1. The Bertz CT molecular complexity index is 3060. The molecule has 4 amide bonds. The molecule has 1 aromatic heterocycles. The Morgan fingerprint density at radius 3 is 2.12 bits per heavy atom. The van der Waals surface area contributed by atoms with Gasteiger partial charge in [-0.1, -0.05) is 18.2 Å². The van der Waals surface area contributed by atoms with Crippen LogP contribution < -0.4 is 20.1 Å². The Labute approximate surface area is 427 Å². The van der Waals surface area contributed by atoms with Gasteiger partial charge in [-0.3, -0.25) is 19.6 Å². The fourth-order valence-corrected chi connectivity index (χ4v) is 12.0. The molecule has 7 aliphatic rings. The number of carbonyl (C=O) groups excluding carboxylic acids is 4. The molecule has 0 spiro atoms. The summed E-state index contributed by atoms with van der Waals surface area (Å²) >= 11 is 0. The van der Waals surface area contributed by atoms with Crippen molar-refractivity contribution in [3.05, 3.63) is 95.1 Å². The minimum Gasteiger partial charge on any atom is -0.493 e. The molecule has 7 aliphatic heterocycles. The van der Waals surface area contributed by atoms with Crippen LogP contribution >= 0.6 is 0 Å². The average Bonchev–Trinajstić information content (AvgIpc) is 4.28. The van der Waals surface area contributed by atoms with E-state index in [-0.39, 0.29) is 17.9 Å². The number of ether oxygens (including phenoxy) is 5. The highest BCUT2D eigenvalue weighted by Gasteiger charge is 2.45. The smallest absolute Gasteiger partial charge is 0.407 e. The van der Waals surface area contributed by atoms with Crippen molar-refractivity contribution in [2.24, 2.45) is 15.9 Å². The van der Waals surface area contributed by atoms with Crippen molar-refractivity contribution in [3.63, 3.8) is 0 Å². The highest BCUT2D eigenvalue weighted by molar-refractivity contribution is 6.06. The van der Waals surface area contributed by atoms with Gasteiger partial charge in [0, 0.05) is 73.9 Å². The summed E-state index contributed by atoms with van der Waals surface area (Å²) in [5, 5.41) is 6.09. The molecule has 3 saturated heterocycles. The lowest BCUT2D eigenvalue weighted by atomic mass is 9.90. The van der Waals surface area contributed by atoms with Gasteiger partial charge in [-0.05, 0) is 135 Å². The van der Waals surface area contributed by atoms with Gasteiger partial charge in [-0.15, -0.1) is 0 Å². The van der Waals surface area contributed by atoms with E-state index in [4.69, 9.17) is 33.7 Å². The van der Waals surface area contributed by atoms with E-state index in [1.165, 1.54) is 27.0 Å². The van der Waals surface area contributed by atoms with Gasteiger partial charge in [-0.25, -0.2) is 18.4 Å². The van der Waals surface area contributed by atoms with E-state index < -0.39 is 53.9 Å². The summed E-state index contributed by atoms with van der Waals surface area (Å²) in [7, 11) is 2.46. The van der Waals surface area contributed by atoms with Gasteiger partial charge in [0.05, 0.1) is 49.7 Å². The molecule has 0 bridgehead atoms. The molecule has 18 heteroatoms. The van der Waals surface area contributed by atoms with E-state index in [0.29, 0.717) is 99.7 Å². The number of methoxy groups -OCH3 is 2. The highest BCUT2D eigenvalue weighted by atomic mass is 19.1. The van der Waals surface area contributed by atoms with E-state index in [2.05, 4.69) is 28.8 Å². The predicted octanol–water partition coefficient (Wildman–Crippen LogP) is 8.69. The van der Waals surface area contributed by atoms with Gasteiger partial charge >= 0.3 is 12.2 Å². The number of carbonyl (C=O) groups is 4. The number of nitrogens with one attached hydrogen (secondary N) is 2. The maximum absolute atomic E-state index is 17.1. The molecular weight excluding hydrogens is 953 g/mol. The van der Waals surface area contributed by atoms with Gasteiger partial charge < -0.3 is 48.7 Å². The minimum absolute atomic E-state index is 0.0672. The van der Waals surface area contributed by atoms with Crippen LogP contribution in [0, 0.1) is 11.7 Å². The monoisotopic (exact) mass is 1010 g/mol. The summed E-state index contributed by atoms with van der Waals surface area (Å²) in [6.45, 7) is 5.09. The number of likely N-dealkylation sites (tertiary alicyclic amines) is 2. The molecule has 0 radical (unpaired) electrons. The molecule has 2 N–H and O–H groups in total. The third-order valence-electron chi connectivity index (χ3n) is 15.8. The maximum atomic E-state index is 17.1. The summed E-state index contributed by atoms with van der Waals surface area (Å²) < 4.78 is 62.8. The molecule has 16 nitrogen and oxygen atoms in total. The fraction of sp³-hybridized carbons (Fsp3) is 0.464. The number of alkyl halides is 1. The summed E-state index contributed by atoms with van der Waals surface area (Å²) in [6, 6.07) is 14.9. The van der Waals surface area contributed by atoms with Crippen molar-refractivity contribution < 1.29 is 51.6 Å². The third kappa shape index (κ3) is 9.19. The van der Waals surface area contributed by atoms with E-state index in [1.807, 2.05) is 46.0 Å². The summed E-state index contributed by atoms with van der Waals surface area (Å²) in [4.78, 5) is 65.9. The van der Waals surface area contributed by atoms with Crippen molar-refractivity contribution in [3.8, 4) is 22.8 Å². The Hall–Kier alpha value is -7.08. The molecule has 0 saturated carbocycles. The third-order valence-corrected chi connectivity index (χ3v) is 15.8. The lowest BCUT2D eigenvalue weighted by molar-refractivity contribution is -0.137. The Balaban J connectivity index is 0.866. The lowest BCUT2D eigenvalue weighted by Crippen LogP contribution is -2.58. The van der Waals surface area contributed by atoms with Crippen LogP contribution in [-0.4, -0.2) is 127 Å². The SMILES string of the molecule is COC(=O)NC(C(=O)N1CCC[C@H]1C1=NC=C(c2cc(F)c3c(c2)OC(c2ccc4c(c2)OCCC4)n2c-3cc3cc(C4=CN=C([C@@H]5CCCN5C(=O)[C@@H](NC(=O)OC)C5CCOCC5)C4)ccc32)C1)C(C)(C)F. The zero-order chi connectivity index (χ0) is 51.4. The van der Waals surface area contributed by atoms with E-state index in [1.54, 1.807) is 11.1 Å². The maximum Gasteiger partial charge on any atom is 0.407 e. The molecule has 11 rings (SSSR count). The molecule has 388 valence electrons. The number of hydrogen-bond donors (Lipinski definition) is 2. The first-order chi connectivity index (χ1) is 35.8. The van der Waals surface area contributed by atoms with Crippen LogP contribution in [0.25, 0.3) is 33.3 Å². The molecule has 2 unspecified atom stereocenters. The molecule has 8 heterocycles. The second kappa shape index (κ2) is 20.0. The number of nitrogens with zero attached hydrogens (tertiary/aromatic N) is 5. The second-order valence-electron chi connectivity index (χ2n) is 20.8. The van der Waals surface area contributed by atoms with Crippen LogP contribution in [0.4, 0.5) is 18.4 Å². The van der Waals surface area contributed by atoms with Gasteiger partial charge in [0.25, 0.3) is 0 Å². The summed E-state index contributed by atoms with van der Waals surface area (Å²) in [5.74, 6) is -0.0720. The van der Waals surface area contributed by atoms with E-state index >= 15 is 8.78 Å². The second-order valence-corrected chi connectivity index (χ2v) is 20.8. The first-order valence-electron chi connectivity index (χ1n) is 25.8. The normalized spacial score (nSPS) is 22.3. The Kier molecular flexibility index (Phi) is 13.3. The van der Waals surface area contributed by atoms with Crippen LogP contribution in [0.3, 0.4) is 0 Å². The highest BCUT2D eigenvalue weighted by Crippen LogP contribution is 2.48. The number of rotatable bonds is 11. The number of aliphatic imine (C=N–C) groups is 2. The Morgan fingerprint density at radius 2 is 1.43 bits per heavy atom. The number of hydrogen-bond acceptors (Lipinski definition) is 11. The number of fused-ring (bicyclic) bond motifs is 6. The largest absolute Gasteiger partial charge is 0.493 e. The van der Waals surface area contributed by atoms with Crippen molar-refractivity contribution in [1.82, 2.24) is 25.0 Å². The molecule has 0 aliphatic carbocycles. The number of allylic oxidation sites excluding steroid dienone is 2. The fourth-order valence-electron chi connectivity index (χ4n) is 12.0. The number of halogens is 2. The van der Waals surface area contributed by atoms with Crippen molar-refractivity contribution in [2.45, 2.75) is 114 Å². The first-order valence-corrected chi connectivity index (χ1v) is 25.8. The van der Waals surface area contributed by atoms with Crippen LogP contribution in [-0.2, 0) is 30.2 Å². The molecule has 4 aromatic rings. The topological polar surface area (TPSA) is 175 Å². The zero-order valence-corrected chi connectivity index (χ0v) is 42.1. The number of benzene rings is 3. The van der Waals surface area contributed by atoms with Crippen LogP contribution in [0.5, 0.6) is 11.5 Å². The van der Waals surface area contributed by atoms with Crippen LogP contribution in [0.15, 0.2) is 77.0 Å². The van der Waals surface area contributed by atoms with E-state index in [0.717, 1.165) is 83.0 Å². The van der Waals surface area contributed by atoms with Gasteiger partial charge in [0.2, 0.25) is 18.0 Å². The first kappa shape index (κ1) is 49.1. The van der Waals surface area contributed by atoms with Crippen LogP contribution in [0.1, 0.15) is 100 Å². The average molecular weight is 1010 g/mol. The van der Waals surface area contributed by atoms with Crippen molar-refractivity contribution in [1.29, 1.82) is 0 Å². The lowest BCUT2D eigenvalue weighted by Gasteiger charge is -2.34. The van der Waals surface area contributed by atoms with E-state index in [9.17, 15) is 19.2 Å².